The van der Waals surface area contributed by atoms with Crippen LogP contribution in [0.5, 0.6) is 11.5 Å². The average molecular weight is 346 g/mol. The van der Waals surface area contributed by atoms with Gasteiger partial charge in [-0.2, -0.15) is 8.42 Å². The maximum atomic E-state index is 10.5. The van der Waals surface area contributed by atoms with Gasteiger partial charge in [-0.3, -0.25) is 4.55 Å². The van der Waals surface area contributed by atoms with E-state index in [1.54, 1.807) is 11.3 Å². The summed E-state index contributed by atoms with van der Waals surface area (Å²) >= 11 is 1.56. The van der Waals surface area contributed by atoms with E-state index in [1.807, 2.05) is 10.8 Å². The number of hydrogen-bond acceptors (Lipinski definition) is 5. The molecule has 0 fully saturated rings. The van der Waals surface area contributed by atoms with Gasteiger partial charge in [-0.15, -0.1) is 11.3 Å². The summed E-state index contributed by atoms with van der Waals surface area (Å²) < 4.78 is 41.0. The molecule has 0 spiro atoms. The molecule has 1 atom stereocenters. The summed E-state index contributed by atoms with van der Waals surface area (Å²) in [6, 6.07) is 0. The molecule has 0 saturated carbocycles. The van der Waals surface area contributed by atoms with Crippen molar-refractivity contribution < 1.29 is 22.4 Å². The third-order valence-corrected chi connectivity index (χ3v) is 4.49. The predicted molar refractivity (Wildman–Crippen MR) is 79.5 cm³/mol. The molecule has 20 heavy (non-hydrogen) atoms. The van der Waals surface area contributed by atoms with Crippen molar-refractivity contribution in [3.05, 3.63) is 10.8 Å². The molecule has 2 rings (SSSR count). The van der Waals surface area contributed by atoms with Gasteiger partial charge in [-0.25, -0.2) is 0 Å². The zero-order chi connectivity index (χ0) is 13.7. The van der Waals surface area contributed by atoms with Crippen LogP contribution in [0.1, 0.15) is 32.1 Å². The molecule has 1 radical (unpaired) electrons. The van der Waals surface area contributed by atoms with Crippen molar-refractivity contribution in [3.8, 4) is 11.5 Å². The quantitative estimate of drug-likeness (QED) is 0.466. The second-order valence-electron chi connectivity index (χ2n) is 4.64. The van der Waals surface area contributed by atoms with Crippen LogP contribution in [0, 0.1) is 0 Å². The summed E-state index contributed by atoms with van der Waals surface area (Å²) in [6.07, 6.45) is 4.21. The molecule has 109 valence electrons. The van der Waals surface area contributed by atoms with Gasteiger partial charge in [0.2, 0.25) is 0 Å². The van der Waals surface area contributed by atoms with Gasteiger partial charge in [-0.1, -0.05) is 12.8 Å². The van der Waals surface area contributed by atoms with Crippen LogP contribution in [0.2, 0.25) is 0 Å². The first-order valence-corrected chi connectivity index (χ1v) is 8.90. The van der Waals surface area contributed by atoms with Crippen LogP contribution in [0.15, 0.2) is 10.8 Å². The molecule has 5 nitrogen and oxygen atoms in total. The SMILES string of the molecule is O=S(=O)(O)CCCCCCC1COc2cscc2O1.[K]. The number of unbranched alkanes of at least 4 members (excludes halogenated alkanes) is 3. The maximum absolute atomic E-state index is 10.5. The second-order valence-corrected chi connectivity index (χ2v) is 6.96. The normalized spacial score (nSPS) is 17.6. The van der Waals surface area contributed by atoms with Gasteiger partial charge in [0.15, 0.2) is 11.5 Å². The van der Waals surface area contributed by atoms with Crippen LogP contribution in [-0.4, -0.2) is 82.8 Å². The molecule has 0 saturated heterocycles. The molecule has 1 unspecified atom stereocenters. The van der Waals surface area contributed by atoms with Gasteiger partial charge in [0.1, 0.15) is 12.7 Å². The first kappa shape index (κ1) is 18.9. The van der Waals surface area contributed by atoms with Gasteiger partial charge >= 0.3 is 0 Å². The molecular formula is C12H18KO5S2. The molecule has 1 aromatic heterocycles. The number of thiophene rings is 1. The summed E-state index contributed by atoms with van der Waals surface area (Å²) in [4.78, 5) is 0. The molecule has 0 aliphatic carbocycles. The molecule has 1 aliphatic rings. The first-order chi connectivity index (χ1) is 9.04. The fourth-order valence-electron chi connectivity index (χ4n) is 2.01. The van der Waals surface area contributed by atoms with Crippen molar-refractivity contribution in [2.45, 2.75) is 38.2 Å². The molecule has 1 N–H and O–H groups in total. The molecule has 0 amide bonds. The van der Waals surface area contributed by atoms with E-state index in [4.69, 9.17) is 14.0 Å². The van der Waals surface area contributed by atoms with E-state index < -0.39 is 10.1 Å². The van der Waals surface area contributed by atoms with Gasteiger partial charge in [-0.05, 0) is 19.3 Å². The Morgan fingerprint density at radius 2 is 1.90 bits per heavy atom. The molecule has 1 aromatic rings. The predicted octanol–water partition coefficient (Wildman–Crippen LogP) is 2.35. The van der Waals surface area contributed by atoms with Crippen LogP contribution < -0.4 is 9.47 Å². The third-order valence-electron chi connectivity index (χ3n) is 2.99. The molecular weight excluding hydrogens is 327 g/mol. The first-order valence-electron chi connectivity index (χ1n) is 6.35. The molecule has 1 aliphatic heterocycles. The van der Waals surface area contributed by atoms with Gasteiger partial charge < -0.3 is 9.47 Å². The van der Waals surface area contributed by atoms with Crippen molar-refractivity contribution in [1.82, 2.24) is 0 Å². The summed E-state index contributed by atoms with van der Waals surface area (Å²) in [5, 5.41) is 3.87. The third kappa shape index (κ3) is 6.74. The van der Waals surface area contributed by atoms with E-state index in [2.05, 4.69) is 0 Å². The zero-order valence-corrected chi connectivity index (χ0v) is 16.3. The molecule has 8 heteroatoms. The van der Waals surface area contributed by atoms with E-state index in [-0.39, 0.29) is 63.2 Å². The topological polar surface area (TPSA) is 72.8 Å². The molecule has 2 heterocycles. The van der Waals surface area contributed by atoms with Crippen LogP contribution in [0.4, 0.5) is 0 Å². The average Bonchev–Trinajstić information content (AvgIpc) is 2.79. The van der Waals surface area contributed by atoms with E-state index in [1.165, 1.54) is 0 Å². The Morgan fingerprint density at radius 1 is 1.20 bits per heavy atom. The molecule has 0 aromatic carbocycles. The second kappa shape index (κ2) is 9.09. The number of fused-ring (bicyclic) bond motifs is 1. The summed E-state index contributed by atoms with van der Waals surface area (Å²) in [5.74, 6) is 1.51. The monoisotopic (exact) mass is 345 g/mol. The Morgan fingerprint density at radius 3 is 2.65 bits per heavy atom. The van der Waals surface area contributed by atoms with Crippen LogP contribution in [0.25, 0.3) is 0 Å². The number of rotatable bonds is 7. The van der Waals surface area contributed by atoms with E-state index in [9.17, 15) is 8.42 Å². The Kier molecular flexibility index (Phi) is 8.59. The number of ether oxygens (including phenoxy) is 2. The van der Waals surface area contributed by atoms with Crippen molar-refractivity contribution in [2.24, 2.45) is 0 Å². The number of hydrogen-bond donors (Lipinski definition) is 1. The minimum atomic E-state index is -3.80. The van der Waals surface area contributed by atoms with Crippen molar-refractivity contribution in [2.75, 3.05) is 12.4 Å². The smallest absolute Gasteiger partial charge is 0.264 e. The zero-order valence-electron chi connectivity index (χ0n) is 11.6. The van der Waals surface area contributed by atoms with Crippen molar-refractivity contribution in [3.63, 3.8) is 0 Å². The minimum Gasteiger partial charge on any atom is -0.485 e. The van der Waals surface area contributed by atoms with Gasteiger partial charge in [0, 0.05) is 62.1 Å². The largest absolute Gasteiger partial charge is 0.485 e. The Balaban J connectivity index is 0.00000200. The maximum Gasteiger partial charge on any atom is 0.264 e. The van der Waals surface area contributed by atoms with Crippen LogP contribution in [0.3, 0.4) is 0 Å². The van der Waals surface area contributed by atoms with Crippen LogP contribution >= 0.6 is 11.3 Å². The van der Waals surface area contributed by atoms with Gasteiger partial charge in [0.25, 0.3) is 10.1 Å². The van der Waals surface area contributed by atoms with Crippen LogP contribution in [-0.2, 0) is 10.1 Å². The van der Waals surface area contributed by atoms with E-state index in [0.717, 1.165) is 37.2 Å². The van der Waals surface area contributed by atoms with E-state index in [0.29, 0.717) is 13.0 Å². The molecule has 0 bridgehead atoms. The minimum absolute atomic E-state index is 0. The Labute approximate surface area is 166 Å². The standard InChI is InChI=1S/C12H18O5S2.K/c13-19(14,15)6-4-2-1-3-5-10-7-16-11-8-18-9-12(11)17-10;/h8-10H,1-7H2,(H,13,14,15);. The Bertz CT molecular complexity index is 500. The Hall–Kier alpha value is 0.846. The van der Waals surface area contributed by atoms with Crippen molar-refractivity contribution in [1.29, 1.82) is 0 Å². The summed E-state index contributed by atoms with van der Waals surface area (Å²) in [5.41, 5.74) is 0. The summed E-state index contributed by atoms with van der Waals surface area (Å²) in [6.45, 7) is 0.578. The fourth-order valence-corrected chi connectivity index (χ4v) is 3.25. The van der Waals surface area contributed by atoms with Gasteiger partial charge in [0.05, 0.1) is 5.75 Å². The van der Waals surface area contributed by atoms with Crippen molar-refractivity contribution >= 4 is 72.8 Å². The van der Waals surface area contributed by atoms with E-state index >= 15 is 0 Å². The summed E-state index contributed by atoms with van der Waals surface area (Å²) in [7, 11) is -3.80. The fraction of sp³-hybridized carbons (Fsp3) is 0.667.